The molecule has 2 aromatic carbocycles. The van der Waals surface area contributed by atoms with Gasteiger partial charge in [0.15, 0.2) is 0 Å². The van der Waals surface area contributed by atoms with Crippen molar-refractivity contribution in [1.82, 2.24) is 10.2 Å². The van der Waals surface area contributed by atoms with Gasteiger partial charge in [-0.1, -0.05) is 54.6 Å². The molecule has 2 aromatic rings. The van der Waals surface area contributed by atoms with Gasteiger partial charge >= 0.3 is 6.18 Å². The summed E-state index contributed by atoms with van der Waals surface area (Å²) in [7, 11) is 0. The number of nitrogens with one attached hydrogen (secondary N) is 1. The maximum Gasteiger partial charge on any atom is 0.416 e. The third-order valence-electron chi connectivity index (χ3n) is 6.21. The van der Waals surface area contributed by atoms with Gasteiger partial charge in [0.25, 0.3) is 0 Å². The quantitative estimate of drug-likeness (QED) is 0.600. The van der Waals surface area contributed by atoms with E-state index in [4.69, 9.17) is 0 Å². The highest BCUT2D eigenvalue weighted by Gasteiger charge is 2.35. The molecule has 32 heavy (non-hydrogen) atoms. The number of halogens is 3. The second-order valence-electron chi connectivity index (χ2n) is 8.31. The van der Waals surface area contributed by atoms with Crippen LogP contribution in [0.4, 0.5) is 13.2 Å². The molecule has 1 aliphatic heterocycles. The number of hydrogen-bond acceptors (Lipinski definition) is 2. The highest BCUT2D eigenvalue weighted by molar-refractivity contribution is 5.85. The zero-order valence-corrected chi connectivity index (χ0v) is 17.8. The largest absolute Gasteiger partial charge is 0.416 e. The first-order chi connectivity index (χ1) is 15.4. The first-order valence-electron chi connectivity index (χ1n) is 11.1. The molecule has 1 saturated heterocycles. The number of rotatable bonds is 6. The minimum Gasteiger partial charge on any atom is -0.387 e. The lowest BCUT2D eigenvalue weighted by Gasteiger charge is -2.30. The number of amides is 1. The van der Waals surface area contributed by atoms with Gasteiger partial charge in [-0.05, 0) is 55.0 Å². The van der Waals surface area contributed by atoms with E-state index in [1.165, 1.54) is 12.1 Å². The predicted molar refractivity (Wildman–Crippen MR) is 119 cm³/mol. The van der Waals surface area contributed by atoms with E-state index in [2.05, 4.69) is 11.4 Å². The molecule has 1 N–H and O–H groups in total. The van der Waals surface area contributed by atoms with Crippen LogP contribution in [0.1, 0.15) is 54.3 Å². The zero-order chi connectivity index (χ0) is 22.6. The van der Waals surface area contributed by atoms with Gasteiger partial charge in [0.05, 0.1) is 17.5 Å². The van der Waals surface area contributed by atoms with Crippen molar-refractivity contribution in [2.24, 2.45) is 0 Å². The standard InChI is InChI=1S/C26H27F3N2O/c27-26(28,29)21-15-13-19(14-16-21)23(18-30-22-10-5-2-6-11-22)25(32)31-17-7-12-24(31)20-8-3-1-4-9-20/h1-5,8-10,13-16,23-24,30H,6-7,11-12,17-18H2. The summed E-state index contributed by atoms with van der Waals surface area (Å²) < 4.78 is 39.2. The number of carbonyl (C=O) groups excluding carboxylic acids is 1. The van der Waals surface area contributed by atoms with Crippen LogP contribution in [0, 0.1) is 0 Å². The lowest BCUT2D eigenvalue weighted by Crippen LogP contribution is -2.38. The molecule has 1 amide bonds. The molecular weight excluding hydrogens is 413 g/mol. The summed E-state index contributed by atoms with van der Waals surface area (Å²) in [6.07, 6.45) is 5.24. The van der Waals surface area contributed by atoms with E-state index in [0.717, 1.165) is 49.1 Å². The molecule has 0 radical (unpaired) electrons. The Morgan fingerprint density at radius 2 is 1.84 bits per heavy atom. The van der Waals surface area contributed by atoms with E-state index < -0.39 is 17.7 Å². The fourth-order valence-electron chi connectivity index (χ4n) is 4.49. The normalized spacial score (nSPS) is 19.5. The lowest BCUT2D eigenvalue weighted by atomic mass is 9.94. The average molecular weight is 441 g/mol. The van der Waals surface area contributed by atoms with Crippen LogP contribution >= 0.6 is 0 Å². The van der Waals surface area contributed by atoms with Crippen molar-refractivity contribution in [2.45, 2.75) is 43.8 Å². The molecule has 4 rings (SSSR count). The van der Waals surface area contributed by atoms with Crippen molar-refractivity contribution in [3.63, 3.8) is 0 Å². The molecule has 6 heteroatoms. The van der Waals surface area contributed by atoms with Crippen LogP contribution in [-0.2, 0) is 11.0 Å². The maximum atomic E-state index is 13.7. The summed E-state index contributed by atoms with van der Waals surface area (Å²) in [5.41, 5.74) is 2.03. The summed E-state index contributed by atoms with van der Waals surface area (Å²) in [6, 6.07) is 15.0. The Morgan fingerprint density at radius 3 is 2.50 bits per heavy atom. The second-order valence-corrected chi connectivity index (χ2v) is 8.31. The number of hydrogen-bond donors (Lipinski definition) is 1. The van der Waals surface area contributed by atoms with Gasteiger partial charge in [-0.3, -0.25) is 4.79 Å². The smallest absolute Gasteiger partial charge is 0.387 e. The van der Waals surface area contributed by atoms with Crippen LogP contribution < -0.4 is 5.32 Å². The molecule has 1 heterocycles. The van der Waals surface area contributed by atoms with Crippen LogP contribution in [-0.4, -0.2) is 23.9 Å². The van der Waals surface area contributed by atoms with Gasteiger partial charge in [-0.25, -0.2) is 0 Å². The third-order valence-corrected chi connectivity index (χ3v) is 6.21. The molecule has 1 aliphatic carbocycles. The lowest BCUT2D eigenvalue weighted by molar-refractivity contribution is -0.137. The topological polar surface area (TPSA) is 32.3 Å². The minimum absolute atomic E-state index is 0.00234. The number of nitrogens with zero attached hydrogens (tertiary/aromatic N) is 1. The Bertz CT molecular complexity index is 980. The van der Waals surface area contributed by atoms with Gasteiger partial charge < -0.3 is 10.2 Å². The Morgan fingerprint density at radius 1 is 1.09 bits per heavy atom. The summed E-state index contributed by atoms with van der Waals surface area (Å²) in [5, 5.41) is 3.36. The second kappa shape index (κ2) is 9.63. The molecule has 2 unspecified atom stereocenters. The number of carbonyl (C=O) groups is 1. The van der Waals surface area contributed by atoms with Gasteiger partial charge in [0.1, 0.15) is 0 Å². The Balaban J connectivity index is 1.59. The molecule has 0 saturated carbocycles. The van der Waals surface area contributed by atoms with Gasteiger partial charge in [-0.15, -0.1) is 0 Å². The average Bonchev–Trinajstić information content (AvgIpc) is 3.30. The molecule has 0 spiro atoms. The molecule has 3 nitrogen and oxygen atoms in total. The van der Waals surface area contributed by atoms with Crippen molar-refractivity contribution in [1.29, 1.82) is 0 Å². The summed E-state index contributed by atoms with van der Waals surface area (Å²) in [4.78, 5) is 15.6. The highest BCUT2D eigenvalue weighted by atomic mass is 19.4. The highest BCUT2D eigenvalue weighted by Crippen LogP contribution is 2.35. The van der Waals surface area contributed by atoms with Crippen molar-refractivity contribution >= 4 is 5.91 Å². The fraction of sp³-hybridized carbons (Fsp3) is 0.346. The van der Waals surface area contributed by atoms with Crippen LogP contribution in [0.2, 0.25) is 0 Å². The SMILES string of the molecule is O=C(C(CNC1=CC=CCC1)c1ccc(C(F)(F)F)cc1)N1CCCC1c1ccccc1. The van der Waals surface area contributed by atoms with Crippen LogP contribution in [0.3, 0.4) is 0 Å². The molecule has 0 bridgehead atoms. The number of alkyl halides is 3. The van der Waals surface area contributed by atoms with E-state index in [9.17, 15) is 18.0 Å². The Hall–Kier alpha value is -3.02. The van der Waals surface area contributed by atoms with Gasteiger partial charge in [0, 0.05) is 18.8 Å². The maximum absolute atomic E-state index is 13.7. The van der Waals surface area contributed by atoms with E-state index in [-0.39, 0.29) is 11.9 Å². The molecule has 2 aliphatic rings. The van der Waals surface area contributed by atoms with Crippen molar-refractivity contribution < 1.29 is 18.0 Å². The first-order valence-corrected chi connectivity index (χ1v) is 11.1. The van der Waals surface area contributed by atoms with E-state index >= 15 is 0 Å². The van der Waals surface area contributed by atoms with Crippen molar-refractivity contribution in [2.75, 3.05) is 13.1 Å². The Kier molecular flexibility index (Phi) is 6.68. The van der Waals surface area contributed by atoms with Gasteiger partial charge in [0.2, 0.25) is 5.91 Å². The van der Waals surface area contributed by atoms with E-state index in [1.807, 2.05) is 47.4 Å². The predicted octanol–water partition coefficient (Wildman–Crippen LogP) is 5.98. The van der Waals surface area contributed by atoms with Crippen LogP contribution in [0.5, 0.6) is 0 Å². The minimum atomic E-state index is -4.40. The third kappa shape index (κ3) is 5.06. The monoisotopic (exact) mass is 440 g/mol. The molecule has 168 valence electrons. The van der Waals surface area contributed by atoms with E-state index in [1.54, 1.807) is 0 Å². The molecule has 1 fully saturated rings. The number of allylic oxidation sites excluding steroid dienone is 4. The Labute approximate surface area is 186 Å². The zero-order valence-electron chi connectivity index (χ0n) is 17.8. The molecule has 0 aromatic heterocycles. The van der Waals surface area contributed by atoms with Gasteiger partial charge in [-0.2, -0.15) is 13.2 Å². The number of benzene rings is 2. The molecule has 2 atom stereocenters. The summed E-state index contributed by atoms with van der Waals surface area (Å²) in [5.74, 6) is -0.607. The first kappa shape index (κ1) is 22.2. The number of likely N-dealkylation sites (tertiary alicyclic amines) is 1. The summed E-state index contributed by atoms with van der Waals surface area (Å²) in [6.45, 7) is 1.00. The molecular formula is C26H27F3N2O. The van der Waals surface area contributed by atoms with E-state index in [0.29, 0.717) is 18.7 Å². The van der Waals surface area contributed by atoms with Crippen LogP contribution in [0.15, 0.2) is 78.5 Å². The van der Waals surface area contributed by atoms with Crippen molar-refractivity contribution in [3.8, 4) is 0 Å². The van der Waals surface area contributed by atoms with Crippen LogP contribution in [0.25, 0.3) is 0 Å². The fourth-order valence-corrected chi connectivity index (χ4v) is 4.49. The van der Waals surface area contributed by atoms with Crippen molar-refractivity contribution in [3.05, 3.63) is 95.2 Å². The summed E-state index contributed by atoms with van der Waals surface area (Å²) >= 11 is 0.